The van der Waals surface area contributed by atoms with Gasteiger partial charge in [0.05, 0.1) is 30.5 Å². The molecule has 0 amide bonds. The number of aromatic nitrogens is 1. The van der Waals surface area contributed by atoms with E-state index in [2.05, 4.69) is 27.4 Å². The average molecular weight is 545 g/mol. The van der Waals surface area contributed by atoms with Crippen molar-refractivity contribution in [2.75, 3.05) is 52.3 Å². The second-order valence-corrected chi connectivity index (χ2v) is 9.33. The fourth-order valence-corrected chi connectivity index (χ4v) is 4.50. The summed E-state index contributed by atoms with van der Waals surface area (Å²) in [5, 5.41) is 17.0. The number of β-amino-alcohol motifs (C(OH)–C–C–N with tert-alkyl or cyclic N) is 1. The van der Waals surface area contributed by atoms with Crippen LogP contribution in [-0.4, -0.2) is 86.1 Å². The zero-order chi connectivity index (χ0) is 28.3. The zero-order valence-corrected chi connectivity index (χ0v) is 22.2. The summed E-state index contributed by atoms with van der Waals surface area (Å²) in [7, 11) is 3.29. The van der Waals surface area contributed by atoms with Gasteiger partial charge in [0.2, 0.25) is 0 Å². The molecule has 2 unspecified atom stereocenters. The van der Waals surface area contributed by atoms with Crippen molar-refractivity contribution in [1.29, 1.82) is 0 Å². The van der Waals surface area contributed by atoms with Crippen LogP contribution in [-0.2, 0) is 11.3 Å². The first-order chi connectivity index (χ1) is 18.7. The van der Waals surface area contributed by atoms with E-state index >= 15 is 0 Å². The van der Waals surface area contributed by atoms with Crippen molar-refractivity contribution in [2.24, 2.45) is 0 Å². The van der Waals surface area contributed by atoms with Crippen LogP contribution in [0.1, 0.15) is 22.5 Å². The van der Waals surface area contributed by atoms with E-state index in [9.17, 15) is 23.1 Å². The molecule has 2 heterocycles. The molecular formula is C29H35F3N4O3. The highest BCUT2D eigenvalue weighted by atomic mass is 19.4. The van der Waals surface area contributed by atoms with Crippen molar-refractivity contribution in [3.63, 3.8) is 0 Å². The predicted molar refractivity (Wildman–Crippen MR) is 147 cm³/mol. The molecule has 3 aromatic rings. The molecule has 4 rings (SSSR count). The van der Waals surface area contributed by atoms with E-state index in [1.54, 1.807) is 44.5 Å². The number of fused-ring (bicyclic) bond motifs is 1. The van der Waals surface area contributed by atoms with Gasteiger partial charge in [0.25, 0.3) is 0 Å². The quantitative estimate of drug-likeness (QED) is 0.281. The van der Waals surface area contributed by atoms with Gasteiger partial charge in [-0.15, -0.1) is 0 Å². The minimum absolute atomic E-state index is 0.144. The molecular weight excluding hydrogens is 509 g/mol. The SMILES string of the molecule is CNCC#Cc1cc2c(NC3CCN(CC(O)COC)C3)cccc2n1CC(F)(F)F.O=Cc1ccccc1. The van der Waals surface area contributed by atoms with Crippen LogP contribution in [0.3, 0.4) is 0 Å². The Morgan fingerprint density at radius 3 is 2.62 bits per heavy atom. The van der Waals surface area contributed by atoms with E-state index in [0.717, 1.165) is 42.4 Å². The first kappa shape index (κ1) is 30.2. The fraction of sp³-hybridized carbons (Fsp3) is 0.414. The molecule has 210 valence electrons. The molecule has 1 aliphatic rings. The number of benzene rings is 2. The molecule has 1 saturated heterocycles. The summed E-state index contributed by atoms with van der Waals surface area (Å²) in [6.45, 7) is 1.71. The molecule has 0 bridgehead atoms. The molecule has 39 heavy (non-hydrogen) atoms. The summed E-state index contributed by atoms with van der Waals surface area (Å²) >= 11 is 0. The first-order valence-corrected chi connectivity index (χ1v) is 12.7. The average Bonchev–Trinajstić information content (AvgIpc) is 3.49. The van der Waals surface area contributed by atoms with Crippen molar-refractivity contribution in [3.8, 4) is 11.8 Å². The van der Waals surface area contributed by atoms with Crippen molar-refractivity contribution in [2.45, 2.75) is 31.3 Å². The molecule has 2 aromatic carbocycles. The third-order valence-corrected chi connectivity index (χ3v) is 6.16. The second-order valence-electron chi connectivity index (χ2n) is 9.33. The Morgan fingerprint density at radius 1 is 1.21 bits per heavy atom. The van der Waals surface area contributed by atoms with E-state index in [4.69, 9.17) is 4.74 Å². The lowest BCUT2D eigenvalue weighted by atomic mass is 10.1. The van der Waals surface area contributed by atoms with Crippen molar-refractivity contribution < 1.29 is 27.8 Å². The number of hydrogen-bond donors (Lipinski definition) is 3. The molecule has 3 N–H and O–H groups in total. The molecule has 1 fully saturated rings. The maximum Gasteiger partial charge on any atom is 0.406 e. The van der Waals surface area contributed by atoms with Gasteiger partial charge < -0.3 is 25.0 Å². The number of carbonyl (C=O) groups is 1. The number of hydrogen-bond acceptors (Lipinski definition) is 6. The number of carbonyl (C=O) groups excluding carboxylic acids is 1. The number of methoxy groups -OCH3 is 1. The number of rotatable bonds is 9. The number of aliphatic hydroxyl groups excluding tert-OH is 1. The number of aliphatic hydroxyl groups is 1. The van der Waals surface area contributed by atoms with Crippen LogP contribution in [0.2, 0.25) is 0 Å². The lowest BCUT2D eigenvalue weighted by molar-refractivity contribution is -0.140. The third-order valence-electron chi connectivity index (χ3n) is 6.16. The van der Waals surface area contributed by atoms with Crippen LogP contribution in [0.4, 0.5) is 18.9 Å². The Morgan fingerprint density at radius 2 is 1.97 bits per heavy atom. The highest BCUT2D eigenvalue weighted by molar-refractivity contribution is 5.94. The molecule has 10 heteroatoms. The van der Waals surface area contributed by atoms with Gasteiger partial charge in [0.15, 0.2) is 0 Å². The lowest BCUT2D eigenvalue weighted by Crippen LogP contribution is -2.34. The summed E-state index contributed by atoms with van der Waals surface area (Å²) in [5.74, 6) is 5.72. The normalized spacial score (nSPS) is 16.2. The van der Waals surface area contributed by atoms with E-state index in [-0.39, 0.29) is 12.6 Å². The maximum absolute atomic E-state index is 13.2. The summed E-state index contributed by atoms with van der Waals surface area (Å²) in [6, 6.07) is 16.3. The van der Waals surface area contributed by atoms with Gasteiger partial charge in [-0.1, -0.05) is 42.3 Å². The fourth-order valence-electron chi connectivity index (χ4n) is 4.50. The first-order valence-electron chi connectivity index (χ1n) is 12.7. The smallest absolute Gasteiger partial charge is 0.389 e. The van der Waals surface area contributed by atoms with Gasteiger partial charge in [-0.05, 0) is 37.6 Å². The zero-order valence-electron chi connectivity index (χ0n) is 22.2. The van der Waals surface area contributed by atoms with Gasteiger partial charge in [-0.25, -0.2) is 0 Å². The second kappa shape index (κ2) is 14.7. The Kier molecular flexibility index (Phi) is 11.4. The standard InChI is InChI=1S/C22H29F3N4O2.C7H6O/c1-26-9-4-5-17-11-19-20(6-3-7-21(19)29(17)15-22(23,24)25)27-16-8-10-28(12-16)13-18(30)14-31-2;8-6-7-4-2-1-3-5-7/h3,6-7,11,16,18,26-27,30H,8-10,12-15H2,1-2H3;1-6H. The third kappa shape index (κ3) is 9.41. The predicted octanol–water partition coefficient (Wildman–Crippen LogP) is 3.77. The van der Waals surface area contributed by atoms with Gasteiger partial charge in [0.1, 0.15) is 12.8 Å². The molecule has 1 aliphatic heterocycles. The number of ether oxygens (including phenoxy) is 1. The maximum atomic E-state index is 13.2. The number of likely N-dealkylation sites (tertiary alicyclic amines) is 1. The van der Waals surface area contributed by atoms with Crippen LogP contribution in [0.5, 0.6) is 0 Å². The van der Waals surface area contributed by atoms with Crippen molar-refractivity contribution >= 4 is 22.9 Å². The highest BCUT2D eigenvalue weighted by Gasteiger charge is 2.30. The van der Waals surface area contributed by atoms with Crippen LogP contribution >= 0.6 is 0 Å². The molecule has 0 saturated carbocycles. The van der Waals surface area contributed by atoms with Gasteiger partial charge >= 0.3 is 6.18 Å². The Labute approximate surface area is 226 Å². The Bertz CT molecular complexity index is 1250. The van der Waals surface area contributed by atoms with Crippen LogP contribution < -0.4 is 10.6 Å². The van der Waals surface area contributed by atoms with Gasteiger partial charge in [-0.2, -0.15) is 13.2 Å². The van der Waals surface area contributed by atoms with E-state index in [0.29, 0.717) is 24.3 Å². The summed E-state index contributed by atoms with van der Waals surface area (Å²) in [6.07, 6.45) is -3.17. The lowest BCUT2D eigenvalue weighted by Gasteiger charge is -2.20. The highest BCUT2D eigenvalue weighted by Crippen LogP contribution is 2.31. The number of nitrogens with one attached hydrogen (secondary N) is 2. The summed E-state index contributed by atoms with van der Waals surface area (Å²) in [5.41, 5.74) is 2.36. The number of aldehydes is 1. The molecule has 0 aliphatic carbocycles. The summed E-state index contributed by atoms with van der Waals surface area (Å²) in [4.78, 5) is 12.2. The minimum atomic E-state index is -4.34. The van der Waals surface area contributed by atoms with Gasteiger partial charge in [0, 0.05) is 49.4 Å². The number of nitrogens with zero attached hydrogens (tertiary/aromatic N) is 2. The van der Waals surface area contributed by atoms with E-state index in [1.807, 2.05) is 24.3 Å². The minimum Gasteiger partial charge on any atom is -0.389 e. The summed E-state index contributed by atoms with van der Waals surface area (Å²) < 4.78 is 45.8. The Hall–Kier alpha value is -3.36. The van der Waals surface area contributed by atoms with Crippen LogP contribution in [0.15, 0.2) is 54.6 Å². The molecule has 0 spiro atoms. The molecule has 2 atom stereocenters. The van der Waals surface area contributed by atoms with E-state index < -0.39 is 18.8 Å². The number of anilines is 1. The Balaban J connectivity index is 0.000000449. The topological polar surface area (TPSA) is 78.8 Å². The van der Waals surface area contributed by atoms with Crippen LogP contribution in [0, 0.1) is 11.8 Å². The molecule has 7 nitrogen and oxygen atoms in total. The molecule has 0 radical (unpaired) electrons. The van der Waals surface area contributed by atoms with E-state index in [1.165, 1.54) is 4.57 Å². The van der Waals surface area contributed by atoms with Crippen molar-refractivity contribution in [3.05, 3.63) is 65.9 Å². The van der Waals surface area contributed by atoms with Gasteiger partial charge in [-0.3, -0.25) is 9.69 Å². The number of alkyl halides is 3. The molecule has 1 aromatic heterocycles. The number of halogens is 3. The monoisotopic (exact) mass is 544 g/mol. The largest absolute Gasteiger partial charge is 0.406 e. The van der Waals surface area contributed by atoms with Crippen molar-refractivity contribution in [1.82, 2.24) is 14.8 Å². The van der Waals surface area contributed by atoms with Crippen LogP contribution in [0.25, 0.3) is 10.9 Å².